The second-order valence-corrected chi connectivity index (χ2v) is 9.32. The smallest absolute Gasteiger partial charge is 0.230 e. The lowest BCUT2D eigenvalue weighted by atomic mass is 10.1. The van der Waals surface area contributed by atoms with Crippen molar-refractivity contribution in [3.05, 3.63) is 59.5 Å². The lowest BCUT2D eigenvalue weighted by Crippen LogP contribution is -2.30. The van der Waals surface area contributed by atoms with Crippen LogP contribution in [0.25, 0.3) is 11.2 Å². The normalized spacial score (nSPS) is 27.9. The number of primary sulfonamides is 1. The van der Waals surface area contributed by atoms with Crippen molar-refractivity contribution < 1.29 is 23.4 Å². The first-order valence-corrected chi connectivity index (χ1v) is 11.7. The summed E-state index contributed by atoms with van der Waals surface area (Å²) in [6.45, 7) is 0. The minimum absolute atomic E-state index is 0.0947. The van der Waals surface area contributed by atoms with Crippen LogP contribution in [0, 0.1) is 0 Å². The van der Waals surface area contributed by atoms with Crippen LogP contribution >= 0.6 is 0 Å². The summed E-state index contributed by atoms with van der Waals surface area (Å²) in [6, 6.07) is 8.34. The topological polar surface area (TPSA) is 165 Å². The minimum atomic E-state index is -3.90. The van der Waals surface area contributed by atoms with Crippen LogP contribution in [-0.2, 0) is 21.2 Å². The average molecular weight is 459 g/mol. The molecular weight excluding hydrogens is 436 g/mol. The molecule has 0 spiro atoms. The van der Waals surface area contributed by atoms with Crippen molar-refractivity contribution in [2.75, 3.05) is 5.32 Å². The number of hydrogen-bond acceptors (Lipinski definition) is 9. The number of hydrogen-bond donors (Lipinski definition) is 4. The SMILES string of the molecule is NS(=O)(=O)/C=C/[C@H]1O[C@@H](n2cnc3c(N[C@H]4CCc5ccccc54)ncnc32)[C@H](O)[C@@H]1O. The van der Waals surface area contributed by atoms with E-state index in [2.05, 4.69) is 32.4 Å². The molecule has 1 aliphatic carbocycles. The van der Waals surface area contributed by atoms with Gasteiger partial charge in [0.2, 0.25) is 10.0 Å². The number of aliphatic hydroxyl groups excluding tert-OH is 2. The van der Waals surface area contributed by atoms with Gasteiger partial charge in [0.1, 0.15) is 24.6 Å². The largest absolute Gasteiger partial charge is 0.387 e. The zero-order valence-electron chi connectivity index (χ0n) is 16.8. The van der Waals surface area contributed by atoms with Crippen LogP contribution in [-0.4, -0.2) is 56.5 Å². The van der Waals surface area contributed by atoms with Crippen LogP contribution in [0.1, 0.15) is 29.8 Å². The molecule has 5 atom stereocenters. The van der Waals surface area contributed by atoms with E-state index in [-0.39, 0.29) is 6.04 Å². The summed E-state index contributed by atoms with van der Waals surface area (Å²) in [6.07, 6.45) is 1.05. The van der Waals surface area contributed by atoms with Gasteiger partial charge in [0.25, 0.3) is 0 Å². The quantitative estimate of drug-likeness (QED) is 0.422. The molecule has 3 aromatic rings. The molecule has 1 saturated heterocycles. The van der Waals surface area contributed by atoms with Crippen LogP contribution in [0.15, 0.2) is 48.4 Å². The minimum Gasteiger partial charge on any atom is -0.387 e. The first kappa shape index (κ1) is 21.0. The lowest BCUT2D eigenvalue weighted by Gasteiger charge is -2.17. The molecule has 0 bridgehead atoms. The third-order valence-corrected chi connectivity index (χ3v) is 6.35. The van der Waals surface area contributed by atoms with E-state index in [4.69, 9.17) is 9.88 Å². The van der Waals surface area contributed by atoms with Gasteiger partial charge in [0.15, 0.2) is 23.2 Å². The van der Waals surface area contributed by atoms with Gasteiger partial charge in [-0.15, -0.1) is 0 Å². The van der Waals surface area contributed by atoms with Crippen LogP contribution in [0.2, 0.25) is 0 Å². The molecule has 0 radical (unpaired) electrons. The number of fused-ring (bicyclic) bond motifs is 2. The zero-order valence-corrected chi connectivity index (χ0v) is 17.6. The van der Waals surface area contributed by atoms with Gasteiger partial charge >= 0.3 is 0 Å². The second-order valence-electron chi connectivity index (χ2n) is 7.87. The first-order valence-electron chi connectivity index (χ1n) is 10.1. The van der Waals surface area contributed by atoms with Crippen molar-refractivity contribution in [1.29, 1.82) is 0 Å². The van der Waals surface area contributed by atoms with Crippen molar-refractivity contribution in [2.24, 2.45) is 5.14 Å². The summed E-state index contributed by atoms with van der Waals surface area (Å²) in [5, 5.41) is 29.9. The van der Waals surface area contributed by atoms with E-state index in [1.807, 2.05) is 12.1 Å². The van der Waals surface area contributed by atoms with Crippen LogP contribution in [0.3, 0.4) is 0 Å². The number of aliphatic hydroxyl groups is 2. The Labute approximate surface area is 183 Å². The fourth-order valence-electron chi connectivity index (χ4n) is 4.28. The Morgan fingerprint density at radius 1 is 1.19 bits per heavy atom. The van der Waals surface area contributed by atoms with Crippen molar-refractivity contribution in [1.82, 2.24) is 19.5 Å². The molecule has 1 fully saturated rings. The highest BCUT2D eigenvalue weighted by atomic mass is 32.2. The fourth-order valence-corrected chi connectivity index (χ4v) is 4.65. The highest BCUT2D eigenvalue weighted by Gasteiger charge is 2.43. The summed E-state index contributed by atoms with van der Waals surface area (Å²) >= 11 is 0. The zero-order chi connectivity index (χ0) is 22.5. The molecule has 1 aromatic carbocycles. The Balaban J connectivity index is 1.43. The second kappa shape index (κ2) is 7.90. The number of nitrogens with one attached hydrogen (secondary N) is 1. The molecule has 3 heterocycles. The summed E-state index contributed by atoms with van der Waals surface area (Å²) in [4.78, 5) is 13.0. The van der Waals surface area contributed by atoms with Crippen LogP contribution in [0.4, 0.5) is 5.82 Å². The molecule has 168 valence electrons. The molecule has 0 saturated carbocycles. The molecule has 2 aliphatic rings. The number of aromatic nitrogens is 4. The van der Waals surface area contributed by atoms with Crippen molar-refractivity contribution >= 4 is 27.0 Å². The summed E-state index contributed by atoms with van der Waals surface area (Å²) < 4.78 is 29.5. The predicted molar refractivity (Wildman–Crippen MR) is 115 cm³/mol. The van der Waals surface area contributed by atoms with Crippen molar-refractivity contribution in [3.8, 4) is 0 Å². The van der Waals surface area contributed by atoms with Gasteiger partial charge in [0, 0.05) is 5.41 Å². The van der Waals surface area contributed by atoms with Gasteiger partial charge in [0.05, 0.1) is 12.4 Å². The number of benzene rings is 1. The van der Waals surface area contributed by atoms with Gasteiger partial charge in [-0.1, -0.05) is 24.3 Å². The standard InChI is InChI=1S/C20H22N6O5S/c21-32(29,30)8-7-14-16(27)17(28)20(31-14)26-10-24-15-18(22-9-23-19(15)26)25-13-6-5-11-3-1-2-4-12(11)13/h1-4,7-10,13-14,16-17,20,27-28H,5-6H2,(H2,21,29,30)(H,22,23,25)/b8-7+/t13-,14+,16+,17+,20+/m0/s1. The van der Waals surface area contributed by atoms with E-state index in [0.29, 0.717) is 17.0 Å². The third kappa shape index (κ3) is 3.76. The maximum atomic E-state index is 11.2. The monoisotopic (exact) mass is 458 g/mol. The highest BCUT2D eigenvalue weighted by molar-refractivity contribution is 7.92. The van der Waals surface area contributed by atoms with E-state index in [1.54, 1.807) is 0 Å². The molecule has 11 nitrogen and oxygen atoms in total. The molecule has 1 aliphatic heterocycles. The number of imidazole rings is 1. The molecule has 12 heteroatoms. The molecule has 0 amide bonds. The van der Waals surface area contributed by atoms with Crippen LogP contribution in [0.5, 0.6) is 0 Å². The van der Waals surface area contributed by atoms with Crippen molar-refractivity contribution in [2.45, 2.75) is 43.4 Å². The summed E-state index contributed by atoms with van der Waals surface area (Å²) in [7, 11) is -3.90. The predicted octanol–water partition coefficient (Wildman–Crippen LogP) is 0.347. The van der Waals surface area contributed by atoms with Crippen LogP contribution < -0.4 is 10.5 Å². The number of sulfonamides is 1. The molecule has 32 heavy (non-hydrogen) atoms. The Hall–Kier alpha value is -2.90. The lowest BCUT2D eigenvalue weighted by molar-refractivity contribution is -0.0244. The molecule has 5 N–H and O–H groups in total. The molecular formula is C20H22N6O5S. The average Bonchev–Trinajstić information content (AvgIpc) is 3.44. The number of nitrogens with zero attached hydrogens (tertiary/aromatic N) is 4. The van der Waals surface area contributed by atoms with Gasteiger partial charge in [-0.25, -0.2) is 28.5 Å². The maximum absolute atomic E-state index is 11.2. The molecule has 2 aromatic heterocycles. The summed E-state index contributed by atoms with van der Waals surface area (Å²) in [5.74, 6) is 0.550. The van der Waals surface area contributed by atoms with Gasteiger partial charge in [-0.05, 0) is 30.0 Å². The van der Waals surface area contributed by atoms with E-state index in [9.17, 15) is 18.6 Å². The molecule has 5 rings (SSSR count). The number of rotatable bonds is 5. The number of aryl methyl sites for hydroxylation is 1. The van der Waals surface area contributed by atoms with Gasteiger partial charge in [-0.3, -0.25) is 4.57 Å². The third-order valence-electron chi connectivity index (χ3n) is 5.81. The Morgan fingerprint density at radius 3 is 2.81 bits per heavy atom. The Bertz CT molecular complexity index is 1290. The Kier molecular flexibility index (Phi) is 5.18. The number of nitrogens with two attached hydrogens (primary N) is 1. The van der Waals surface area contributed by atoms with Crippen molar-refractivity contribution in [3.63, 3.8) is 0 Å². The van der Waals surface area contributed by atoms with Gasteiger partial charge < -0.3 is 20.3 Å². The number of ether oxygens (including phenoxy) is 1. The number of anilines is 1. The van der Waals surface area contributed by atoms with E-state index in [1.165, 1.54) is 28.3 Å². The van der Waals surface area contributed by atoms with E-state index >= 15 is 0 Å². The molecule has 0 unspecified atom stereocenters. The first-order chi connectivity index (χ1) is 15.3. The fraction of sp³-hybridized carbons (Fsp3) is 0.350. The van der Waals surface area contributed by atoms with Gasteiger partial charge in [-0.2, -0.15) is 0 Å². The van der Waals surface area contributed by atoms with E-state index in [0.717, 1.165) is 24.3 Å². The maximum Gasteiger partial charge on any atom is 0.230 e. The van der Waals surface area contributed by atoms with E-state index < -0.39 is 34.6 Å². The summed E-state index contributed by atoms with van der Waals surface area (Å²) in [5.41, 5.74) is 3.42. The highest BCUT2D eigenvalue weighted by Crippen LogP contribution is 2.36. The Morgan fingerprint density at radius 2 is 2.00 bits per heavy atom.